The minimum Gasteiger partial charge on any atom is -0.497 e. The molecule has 0 aliphatic carbocycles. The van der Waals surface area contributed by atoms with Gasteiger partial charge in [0, 0.05) is 16.8 Å². The number of H-pyrrole nitrogens is 1. The Hall–Kier alpha value is -3.94. The first-order valence-electron chi connectivity index (χ1n) is 9.43. The Balaban J connectivity index is 1.80. The second kappa shape index (κ2) is 7.82. The summed E-state index contributed by atoms with van der Waals surface area (Å²) in [5.41, 5.74) is 2.29. The van der Waals surface area contributed by atoms with Gasteiger partial charge in [-0.2, -0.15) is 9.50 Å². The number of nitrogens with zero attached hydrogens (tertiary/aromatic N) is 4. The summed E-state index contributed by atoms with van der Waals surface area (Å²) in [6, 6.07) is 16.4. The number of methoxy groups -OCH3 is 1. The zero-order chi connectivity index (χ0) is 21.3. The van der Waals surface area contributed by atoms with Gasteiger partial charge in [0.15, 0.2) is 0 Å². The molecule has 2 aromatic carbocycles. The van der Waals surface area contributed by atoms with Crippen molar-refractivity contribution in [2.24, 2.45) is 0 Å². The lowest BCUT2D eigenvalue weighted by atomic mass is 10.1. The number of rotatable bonds is 5. The van der Waals surface area contributed by atoms with E-state index in [9.17, 15) is 9.59 Å². The lowest BCUT2D eigenvalue weighted by molar-refractivity contribution is 0.0983. The first kappa shape index (κ1) is 19.4. The van der Waals surface area contributed by atoms with E-state index < -0.39 is 0 Å². The van der Waals surface area contributed by atoms with Crippen molar-refractivity contribution < 1.29 is 9.53 Å². The highest BCUT2D eigenvalue weighted by Crippen LogP contribution is 2.19. The maximum absolute atomic E-state index is 13.3. The third kappa shape index (κ3) is 3.55. The van der Waals surface area contributed by atoms with Gasteiger partial charge in [-0.3, -0.25) is 19.6 Å². The van der Waals surface area contributed by atoms with Crippen molar-refractivity contribution >= 4 is 17.6 Å². The van der Waals surface area contributed by atoms with Crippen LogP contribution in [0, 0.1) is 13.8 Å². The number of hydrogen-bond donors (Lipinski definition) is 1. The molecule has 152 valence electrons. The molecule has 0 unspecified atom stereocenters. The van der Waals surface area contributed by atoms with E-state index in [2.05, 4.69) is 15.1 Å². The zero-order valence-electron chi connectivity index (χ0n) is 16.9. The summed E-state index contributed by atoms with van der Waals surface area (Å²) >= 11 is 0. The van der Waals surface area contributed by atoms with Crippen molar-refractivity contribution in [2.75, 3.05) is 12.0 Å². The molecule has 0 radical (unpaired) electrons. The van der Waals surface area contributed by atoms with Crippen LogP contribution in [-0.2, 0) is 6.54 Å². The maximum Gasteiger partial charge on any atom is 0.277 e. The number of nitrogens with one attached hydrogen (secondary N) is 1. The summed E-state index contributed by atoms with van der Waals surface area (Å²) in [5, 5.41) is 2.94. The standard InChI is InChI=1S/C22H21N5O3/c1-14-15(2)23-21-24-22(25-27(21)19(14)28)26(20(29)17-7-5-4-6-8-17)13-16-9-11-18(30-3)12-10-16/h4-12H,13H2,1-3H3,(H,23,24,25). The summed E-state index contributed by atoms with van der Waals surface area (Å²) in [7, 11) is 1.60. The van der Waals surface area contributed by atoms with Crippen LogP contribution in [0.25, 0.3) is 5.78 Å². The van der Waals surface area contributed by atoms with Gasteiger partial charge in [-0.1, -0.05) is 30.3 Å². The number of aromatic amines is 1. The third-order valence-corrected chi connectivity index (χ3v) is 4.97. The zero-order valence-corrected chi connectivity index (χ0v) is 16.9. The molecule has 1 N–H and O–H groups in total. The van der Waals surface area contributed by atoms with Crippen LogP contribution in [0.4, 0.5) is 5.95 Å². The Morgan fingerprint density at radius 2 is 1.77 bits per heavy atom. The molecule has 4 rings (SSSR count). The van der Waals surface area contributed by atoms with Crippen molar-refractivity contribution in [3.05, 3.63) is 87.3 Å². The van der Waals surface area contributed by atoms with Crippen LogP contribution >= 0.6 is 0 Å². The third-order valence-electron chi connectivity index (χ3n) is 4.97. The Morgan fingerprint density at radius 3 is 2.43 bits per heavy atom. The number of benzene rings is 2. The monoisotopic (exact) mass is 403 g/mol. The second-order valence-electron chi connectivity index (χ2n) is 6.92. The fourth-order valence-corrected chi connectivity index (χ4v) is 3.11. The number of anilines is 1. The lowest BCUT2D eigenvalue weighted by Gasteiger charge is -2.20. The Kier molecular flexibility index (Phi) is 5.05. The Labute approximate surface area is 172 Å². The average molecular weight is 403 g/mol. The van der Waals surface area contributed by atoms with Gasteiger partial charge < -0.3 is 4.74 Å². The number of aryl methyl sites for hydroxylation is 1. The molecule has 8 nitrogen and oxygen atoms in total. The molecule has 0 fully saturated rings. The van der Waals surface area contributed by atoms with Gasteiger partial charge in [-0.15, -0.1) is 0 Å². The first-order chi connectivity index (χ1) is 14.5. The average Bonchev–Trinajstić information content (AvgIpc) is 3.20. The normalized spacial score (nSPS) is 10.9. The molecule has 0 bridgehead atoms. The van der Waals surface area contributed by atoms with Gasteiger partial charge >= 0.3 is 0 Å². The van der Waals surface area contributed by atoms with Crippen LogP contribution in [0.15, 0.2) is 59.4 Å². The largest absolute Gasteiger partial charge is 0.497 e. The van der Waals surface area contributed by atoms with Crippen LogP contribution < -0.4 is 15.2 Å². The SMILES string of the molecule is COc1ccc(CN(C(=O)c2ccccc2)c2nc3nc(C)c(C)c(=O)n3[nH]2)cc1. The fourth-order valence-electron chi connectivity index (χ4n) is 3.11. The van der Waals surface area contributed by atoms with Gasteiger partial charge in [0.25, 0.3) is 17.2 Å². The molecule has 2 aromatic heterocycles. The maximum atomic E-state index is 13.3. The summed E-state index contributed by atoms with van der Waals surface area (Å²) in [6.45, 7) is 3.72. The molecule has 1 amide bonds. The Morgan fingerprint density at radius 1 is 1.07 bits per heavy atom. The van der Waals surface area contributed by atoms with Crippen LogP contribution in [0.5, 0.6) is 5.75 Å². The number of carbonyl (C=O) groups excluding carboxylic acids is 1. The fraction of sp³-hybridized carbons (Fsp3) is 0.182. The summed E-state index contributed by atoms with van der Waals surface area (Å²) in [4.78, 5) is 36.2. The number of amides is 1. The van der Waals surface area contributed by atoms with Crippen molar-refractivity contribution in [3.8, 4) is 5.75 Å². The van der Waals surface area contributed by atoms with Crippen LogP contribution in [-0.4, -0.2) is 32.6 Å². The van der Waals surface area contributed by atoms with Crippen LogP contribution in [0.2, 0.25) is 0 Å². The summed E-state index contributed by atoms with van der Waals surface area (Å²) < 4.78 is 6.47. The highest BCUT2D eigenvalue weighted by molar-refractivity contribution is 6.05. The smallest absolute Gasteiger partial charge is 0.277 e. The van der Waals surface area contributed by atoms with E-state index in [1.54, 1.807) is 45.2 Å². The second-order valence-corrected chi connectivity index (χ2v) is 6.92. The molecule has 30 heavy (non-hydrogen) atoms. The van der Waals surface area contributed by atoms with Crippen LogP contribution in [0.3, 0.4) is 0 Å². The molecule has 0 saturated heterocycles. The van der Waals surface area contributed by atoms with E-state index in [1.807, 2.05) is 30.3 Å². The molecule has 8 heteroatoms. The number of aromatic nitrogens is 4. The number of fused-ring (bicyclic) bond motifs is 1. The predicted molar refractivity (Wildman–Crippen MR) is 113 cm³/mol. The van der Waals surface area contributed by atoms with Crippen molar-refractivity contribution in [1.29, 1.82) is 0 Å². The predicted octanol–water partition coefficient (Wildman–Crippen LogP) is 2.89. The van der Waals surface area contributed by atoms with Crippen molar-refractivity contribution in [3.63, 3.8) is 0 Å². The van der Waals surface area contributed by atoms with Gasteiger partial charge in [-0.05, 0) is 43.7 Å². The van der Waals surface area contributed by atoms with E-state index in [-0.39, 0.29) is 29.7 Å². The molecule has 2 heterocycles. The van der Waals surface area contributed by atoms with E-state index in [4.69, 9.17) is 4.74 Å². The molecule has 0 aliphatic rings. The van der Waals surface area contributed by atoms with E-state index in [1.165, 1.54) is 9.42 Å². The molecule has 0 aliphatic heterocycles. The molecular formula is C22H21N5O3. The minimum atomic E-state index is -0.244. The molecule has 0 spiro atoms. The van der Waals surface area contributed by atoms with Gasteiger partial charge in [0.05, 0.1) is 13.7 Å². The van der Waals surface area contributed by atoms with Gasteiger partial charge in [0.1, 0.15) is 5.75 Å². The van der Waals surface area contributed by atoms with E-state index >= 15 is 0 Å². The lowest BCUT2D eigenvalue weighted by Crippen LogP contribution is -2.31. The quantitative estimate of drug-likeness (QED) is 0.553. The number of hydrogen-bond acceptors (Lipinski definition) is 5. The highest BCUT2D eigenvalue weighted by atomic mass is 16.5. The Bertz CT molecular complexity index is 1260. The number of ether oxygens (including phenoxy) is 1. The van der Waals surface area contributed by atoms with Crippen LogP contribution in [0.1, 0.15) is 27.2 Å². The topological polar surface area (TPSA) is 92.6 Å². The first-order valence-corrected chi connectivity index (χ1v) is 9.43. The van der Waals surface area contributed by atoms with E-state index in [0.717, 1.165) is 11.3 Å². The summed E-state index contributed by atoms with van der Waals surface area (Å²) in [5.74, 6) is 0.949. The van der Waals surface area contributed by atoms with Crippen molar-refractivity contribution in [2.45, 2.75) is 20.4 Å². The molecule has 4 aromatic rings. The highest BCUT2D eigenvalue weighted by Gasteiger charge is 2.22. The van der Waals surface area contributed by atoms with Crippen molar-refractivity contribution in [1.82, 2.24) is 19.6 Å². The minimum absolute atomic E-state index is 0.221. The number of carbonyl (C=O) groups is 1. The molecular weight excluding hydrogens is 382 g/mol. The van der Waals surface area contributed by atoms with Gasteiger partial charge in [0.2, 0.25) is 5.95 Å². The van der Waals surface area contributed by atoms with Gasteiger partial charge in [-0.25, -0.2) is 4.98 Å². The van der Waals surface area contributed by atoms with E-state index in [0.29, 0.717) is 16.8 Å². The molecule has 0 saturated carbocycles. The molecule has 0 atom stereocenters. The summed E-state index contributed by atoms with van der Waals surface area (Å²) in [6.07, 6.45) is 0.